The molecule has 1 fully saturated rings. The highest BCUT2D eigenvalue weighted by molar-refractivity contribution is 7.80. The summed E-state index contributed by atoms with van der Waals surface area (Å²) in [6.07, 6.45) is 1.25. The summed E-state index contributed by atoms with van der Waals surface area (Å²) >= 11 is 5.80. The normalized spacial score (nSPS) is 19.2. The number of hydrogen-bond acceptors (Lipinski definition) is 4. The molecule has 0 bridgehead atoms. The topological polar surface area (TPSA) is 67.2 Å². The van der Waals surface area contributed by atoms with Crippen molar-refractivity contribution < 1.29 is 19.7 Å². The Morgan fingerprint density at radius 1 is 1.00 bits per heavy atom. The first-order valence-corrected chi connectivity index (χ1v) is 11.3. The number of para-hydroxylation sites is 1. The van der Waals surface area contributed by atoms with Crippen LogP contribution in [-0.2, 0) is 0 Å². The van der Waals surface area contributed by atoms with Gasteiger partial charge >= 0.3 is 0 Å². The fourth-order valence-corrected chi connectivity index (χ4v) is 4.88. The quantitative estimate of drug-likeness (QED) is 0.411. The van der Waals surface area contributed by atoms with Gasteiger partial charge in [-0.2, -0.15) is 0 Å². The summed E-state index contributed by atoms with van der Waals surface area (Å²) in [6, 6.07) is 20.0. The maximum atomic E-state index is 13.2. The van der Waals surface area contributed by atoms with E-state index in [2.05, 4.69) is 0 Å². The van der Waals surface area contributed by atoms with Crippen molar-refractivity contribution in [3.05, 3.63) is 89.7 Å². The van der Waals surface area contributed by atoms with Gasteiger partial charge in [0.15, 0.2) is 5.11 Å². The Bertz CT molecular complexity index is 1110. The molecule has 4 rings (SSSR count). The molecule has 0 saturated carbocycles. The zero-order valence-electron chi connectivity index (χ0n) is 18.3. The number of aromatic hydroxyl groups is 2. The minimum atomic E-state index is -0.685. The van der Waals surface area contributed by atoms with E-state index in [0.29, 0.717) is 35.5 Å². The first kappa shape index (κ1) is 23.0. The lowest BCUT2D eigenvalue weighted by atomic mass is 9.92. The van der Waals surface area contributed by atoms with Gasteiger partial charge in [0, 0.05) is 24.4 Å². The van der Waals surface area contributed by atoms with E-state index in [1.54, 1.807) is 24.3 Å². The molecular weight excluding hydrogens is 439 g/mol. The maximum absolute atomic E-state index is 13.2. The average molecular weight is 467 g/mol. The highest BCUT2D eigenvalue weighted by Crippen LogP contribution is 2.44. The second-order valence-electron chi connectivity index (χ2n) is 8.35. The Hall–Kier alpha value is -3.16. The molecule has 1 saturated heterocycles. The van der Waals surface area contributed by atoms with Crippen LogP contribution >= 0.6 is 12.2 Å². The Labute approximate surface area is 198 Å². The fraction of sp³-hybridized carbons (Fsp3) is 0.269. The van der Waals surface area contributed by atoms with Crippen LogP contribution in [0.2, 0.25) is 0 Å². The lowest BCUT2D eigenvalue weighted by Gasteiger charge is -2.29. The van der Waals surface area contributed by atoms with Gasteiger partial charge in [0.25, 0.3) is 0 Å². The zero-order valence-corrected chi connectivity index (χ0v) is 19.1. The Kier molecular flexibility index (Phi) is 6.81. The predicted octanol–water partition coefficient (Wildman–Crippen LogP) is 5.29. The first-order valence-electron chi connectivity index (χ1n) is 10.9. The van der Waals surface area contributed by atoms with Crippen LogP contribution in [0.25, 0.3) is 0 Å². The number of aliphatic hydroxyl groups is 1. The molecule has 1 aliphatic rings. The van der Waals surface area contributed by atoms with Crippen molar-refractivity contribution in [3.63, 3.8) is 0 Å². The van der Waals surface area contributed by atoms with E-state index in [9.17, 15) is 19.7 Å². The van der Waals surface area contributed by atoms with Gasteiger partial charge in [0.05, 0.1) is 18.2 Å². The van der Waals surface area contributed by atoms with E-state index in [0.717, 1.165) is 5.69 Å². The lowest BCUT2D eigenvalue weighted by Crippen LogP contribution is -2.30. The third-order valence-electron chi connectivity index (χ3n) is 6.25. The van der Waals surface area contributed by atoms with E-state index in [1.807, 2.05) is 47.2 Å². The third kappa shape index (κ3) is 4.79. The number of benzene rings is 3. The Morgan fingerprint density at radius 2 is 1.70 bits per heavy atom. The van der Waals surface area contributed by atoms with E-state index < -0.39 is 6.10 Å². The van der Waals surface area contributed by atoms with Crippen LogP contribution in [0.5, 0.6) is 11.5 Å². The van der Waals surface area contributed by atoms with Crippen molar-refractivity contribution >= 4 is 23.0 Å². The van der Waals surface area contributed by atoms with E-state index in [1.165, 1.54) is 18.2 Å². The minimum Gasteiger partial charge on any atom is -0.508 e. The molecule has 3 unspecified atom stereocenters. The van der Waals surface area contributed by atoms with Crippen LogP contribution in [0.4, 0.5) is 10.1 Å². The van der Waals surface area contributed by atoms with Crippen LogP contribution in [0.3, 0.4) is 0 Å². The fourth-order valence-electron chi connectivity index (χ4n) is 4.53. The molecule has 0 spiro atoms. The lowest BCUT2D eigenvalue weighted by molar-refractivity contribution is 0.159. The summed E-state index contributed by atoms with van der Waals surface area (Å²) in [4.78, 5) is 4.06. The number of phenolic OH excluding ortho intramolecular Hbond substituents is 2. The molecule has 7 heteroatoms. The van der Waals surface area contributed by atoms with Gasteiger partial charge in [-0.15, -0.1) is 0 Å². The second-order valence-corrected chi connectivity index (χ2v) is 8.72. The molecule has 1 aliphatic heterocycles. The summed E-state index contributed by atoms with van der Waals surface area (Å²) in [5, 5.41) is 31.7. The molecule has 5 nitrogen and oxygen atoms in total. The van der Waals surface area contributed by atoms with E-state index >= 15 is 0 Å². The minimum absolute atomic E-state index is 0.00425. The van der Waals surface area contributed by atoms with Crippen molar-refractivity contribution in [2.75, 3.05) is 11.9 Å². The number of rotatable bonds is 7. The number of nitrogens with zero attached hydrogens (tertiary/aromatic N) is 2. The van der Waals surface area contributed by atoms with Crippen LogP contribution in [-0.4, -0.2) is 38.4 Å². The van der Waals surface area contributed by atoms with Crippen LogP contribution in [0.15, 0.2) is 72.8 Å². The molecule has 0 aliphatic carbocycles. The third-order valence-corrected chi connectivity index (χ3v) is 6.73. The SMILES string of the molecule is CN1C(=S)N(c2ccccc2)C(c2ccc(O)cc2O)C1CCCC(O)c1ccc(F)cc1. The molecule has 1 heterocycles. The number of phenols is 2. The first-order chi connectivity index (χ1) is 15.9. The van der Waals surface area contributed by atoms with Gasteiger partial charge in [0.2, 0.25) is 0 Å². The van der Waals surface area contributed by atoms with Crippen molar-refractivity contribution in [1.82, 2.24) is 4.90 Å². The van der Waals surface area contributed by atoms with Crippen LogP contribution in [0.1, 0.15) is 42.5 Å². The summed E-state index contributed by atoms with van der Waals surface area (Å²) < 4.78 is 13.2. The molecular formula is C26H27FN2O3S. The largest absolute Gasteiger partial charge is 0.508 e. The van der Waals surface area contributed by atoms with Crippen LogP contribution < -0.4 is 4.90 Å². The van der Waals surface area contributed by atoms with Crippen molar-refractivity contribution in [1.29, 1.82) is 0 Å². The standard InChI is InChI=1S/C26H27FN2O3S/c1-28-22(8-5-9-23(31)17-10-12-18(27)13-11-17)25(21-15-14-20(30)16-24(21)32)29(26(28)33)19-6-3-2-4-7-19/h2-4,6-7,10-16,22-23,25,30-32H,5,8-9H2,1H3. The summed E-state index contributed by atoms with van der Waals surface area (Å²) in [5.74, 6) is -0.324. The molecule has 33 heavy (non-hydrogen) atoms. The molecule has 3 atom stereocenters. The van der Waals surface area contributed by atoms with Crippen molar-refractivity contribution in [2.24, 2.45) is 0 Å². The number of halogens is 1. The number of anilines is 1. The molecule has 3 aromatic carbocycles. The highest BCUT2D eigenvalue weighted by atomic mass is 32.1. The monoisotopic (exact) mass is 466 g/mol. The second kappa shape index (κ2) is 9.77. The Balaban J connectivity index is 1.59. The van der Waals surface area contributed by atoms with Crippen molar-refractivity contribution in [3.8, 4) is 11.5 Å². The summed E-state index contributed by atoms with van der Waals surface area (Å²) in [7, 11) is 1.94. The number of likely N-dealkylation sites (N-methyl/N-ethyl adjacent to an activating group) is 1. The summed E-state index contributed by atoms with van der Waals surface area (Å²) in [5.41, 5.74) is 2.28. The van der Waals surface area contributed by atoms with Crippen LogP contribution in [0, 0.1) is 5.82 Å². The van der Waals surface area contributed by atoms with Gasteiger partial charge < -0.3 is 25.1 Å². The van der Waals surface area contributed by atoms with Gasteiger partial charge in [-0.25, -0.2) is 4.39 Å². The number of thiocarbonyl (C=S) groups is 1. The van der Waals surface area contributed by atoms with Gasteiger partial charge in [-0.1, -0.05) is 30.3 Å². The van der Waals surface area contributed by atoms with Crippen molar-refractivity contribution in [2.45, 2.75) is 37.5 Å². The Morgan fingerprint density at radius 3 is 2.36 bits per heavy atom. The number of aliphatic hydroxyl groups excluding tert-OH is 1. The van der Waals surface area contributed by atoms with E-state index in [4.69, 9.17) is 12.2 Å². The summed E-state index contributed by atoms with van der Waals surface area (Å²) in [6.45, 7) is 0. The zero-order chi connectivity index (χ0) is 23.5. The molecule has 3 aromatic rings. The molecule has 0 radical (unpaired) electrons. The molecule has 172 valence electrons. The average Bonchev–Trinajstić information content (AvgIpc) is 3.05. The predicted molar refractivity (Wildman–Crippen MR) is 131 cm³/mol. The van der Waals surface area contributed by atoms with E-state index in [-0.39, 0.29) is 29.4 Å². The van der Waals surface area contributed by atoms with Gasteiger partial charge in [0.1, 0.15) is 17.3 Å². The molecule has 0 amide bonds. The van der Waals surface area contributed by atoms with Gasteiger partial charge in [-0.3, -0.25) is 0 Å². The highest BCUT2D eigenvalue weighted by Gasteiger charge is 2.43. The van der Waals surface area contributed by atoms with Gasteiger partial charge in [-0.05, 0) is 73.4 Å². The number of hydrogen-bond donors (Lipinski definition) is 3. The maximum Gasteiger partial charge on any atom is 0.176 e. The molecule has 0 aromatic heterocycles. The smallest absolute Gasteiger partial charge is 0.176 e. The molecule has 3 N–H and O–H groups in total.